The molecule has 0 amide bonds. The molecule has 3 aromatic carbocycles. The number of nitrogens with one attached hydrogen (secondary N) is 1. The summed E-state index contributed by atoms with van der Waals surface area (Å²) in [5.41, 5.74) is 9.83. The Morgan fingerprint density at radius 1 is 1.07 bits per heavy atom. The van der Waals surface area contributed by atoms with Gasteiger partial charge in [0.1, 0.15) is 0 Å². The zero-order valence-electron chi connectivity index (χ0n) is 16.3. The van der Waals surface area contributed by atoms with Gasteiger partial charge in [-0.2, -0.15) is 5.26 Å². The van der Waals surface area contributed by atoms with E-state index in [2.05, 4.69) is 15.7 Å². The first-order valence-corrected chi connectivity index (χ1v) is 11.1. The van der Waals surface area contributed by atoms with Gasteiger partial charge in [0.15, 0.2) is 0 Å². The fraction of sp³-hybridized carbons (Fsp3) is 0.174. The van der Waals surface area contributed by atoms with Gasteiger partial charge in [0.2, 0.25) is 10.0 Å². The van der Waals surface area contributed by atoms with Crippen molar-refractivity contribution < 1.29 is 8.42 Å². The van der Waals surface area contributed by atoms with Gasteiger partial charge in [-0.3, -0.25) is 0 Å². The lowest BCUT2D eigenvalue weighted by Gasteiger charge is -2.36. The molecule has 1 aliphatic heterocycles. The highest BCUT2D eigenvalue weighted by Gasteiger charge is 2.28. The molecular formula is C23H22N4O2S. The summed E-state index contributed by atoms with van der Waals surface area (Å²) in [6.07, 6.45) is 0.512. The summed E-state index contributed by atoms with van der Waals surface area (Å²) in [5, 5.41) is 9.28. The number of anilines is 2. The van der Waals surface area contributed by atoms with Gasteiger partial charge < -0.3 is 10.6 Å². The predicted molar refractivity (Wildman–Crippen MR) is 117 cm³/mol. The summed E-state index contributed by atoms with van der Waals surface area (Å²) in [4.78, 5) is 2.30. The number of hydrogen-bond donors (Lipinski definition) is 2. The third kappa shape index (κ3) is 4.30. The van der Waals surface area contributed by atoms with Crippen molar-refractivity contribution in [1.29, 1.82) is 5.26 Å². The lowest BCUT2D eigenvalue weighted by Crippen LogP contribution is -2.48. The molecule has 7 heteroatoms. The lowest BCUT2D eigenvalue weighted by atomic mass is 9.96. The van der Waals surface area contributed by atoms with Crippen LogP contribution in [0.4, 0.5) is 11.4 Å². The lowest BCUT2D eigenvalue weighted by molar-refractivity contribution is 0.524. The largest absolute Gasteiger partial charge is 0.399 e. The number of rotatable bonds is 5. The van der Waals surface area contributed by atoms with Crippen molar-refractivity contribution in [2.45, 2.75) is 23.9 Å². The molecule has 1 aliphatic rings. The van der Waals surface area contributed by atoms with Crippen LogP contribution in [-0.4, -0.2) is 21.0 Å². The minimum absolute atomic E-state index is 0.147. The molecule has 6 nitrogen and oxygen atoms in total. The standard InChI is InChI=1S/C23H22N4O2S/c24-14-18-9-10-23-19(11-18)12-21(16-27(23)15-17-5-2-1-3-6-17)26-30(28,29)22-8-4-7-20(25)13-22/h1-11,13,21,26H,12,15-16,25H2. The fourth-order valence-corrected chi connectivity index (χ4v) is 5.10. The molecule has 0 aliphatic carbocycles. The third-order valence-corrected chi connectivity index (χ3v) is 6.68. The Bertz CT molecular complexity index is 1200. The first-order valence-electron chi connectivity index (χ1n) is 9.64. The average molecular weight is 419 g/mol. The Balaban J connectivity index is 1.64. The van der Waals surface area contributed by atoms with Gasteiger partial charge in [-0.1, -0.05) is 36.4 Å². The fourth-order valence-electron chi connectivity index (χ4n) is 3.82. The number of hydrogen-bond acceptors (Lipinski definition) is 5. The van der Waals surface area contributed by atoms with Crippen molar-refractivity contribution in [2.24, 2.45) is 0 Å². The molecular weight excluding hydrogens is 396 g/mol. The van der Waals surface area contributed by atoms with Crippen LogP contribution >= 0.6 is 0 Å². The van der Waals surface area contributed by atoms with Crippen LogP contribution < -0.4 is 15.4 Å². The normalized spacial score (nSPS) is 16.0. The first-order chi connectivity index (χ1) is 14.4. The number of benzene rings is 3. The Hall–Kier alpha value is -3.34. The van der Waals surface area contributed by atoms with E-state index >= 15 is 0 Å². The maximum absolute atomic E-state index is 12.9. The van der Waals surface area contributed by atoms with Crippen LogP contribution in [0.1, 0.15) is 16.7 Å². The van der Waals surface area contributed by atoms with Crippen molar-refractivity contribution in [3.8, 4) is 6.07 Å². The van der Waals surface area contributed by atoms with Crippen LogP contribution in [0, 0.1) is 11.3 Å². The molecule has 3 aromatic rings. The van der Waals surface area contributed by atoms with E-state index in [1.165, 1.54) is 12.1 Å². The highest BCUT2D eigenvalue weighted by molar-refractivity contribution is 7.89. The maximum atomic E-state index is 12.9. The van der Waals surface area contributed by atoms with Gasteiger partial charge in [0, 0.05) is 30.5 Å². The Morgan fingerprint density at radius 2 is 1.87 bits per heavy atom. The molecule has 4 rings (SSSR count). The van der Waals surface area contributed by atoms with Crippen molar-refractivity contribution in [2.75, 3.05) is 17.2 Å². The Labute approximate surface area is 176 Å². The average Bonchev–Trinajstić information content (AvgIpc) is 2.74. The van der Waals surface area contributed by atoms with E-state index in [-0.39, 0.29) is 10.9 Å². The summed E-state index contributed by atoms with van der Waals surface area (Å²) in [5.74, 6) is 0. The SMILES string of the molecule is N#Cc1ccc2c(c1)CC(NS(=O)(=O)c1cccc(N)c1)CN2Cc1ccccc1. The number of fused-ring (bicyclic) bond motifs is 1. The zero-order valence-corrected chi connectivity index (χ0v) is 17.1. The van der Waals surface area contributed by atoms with E-state index in [9.17, 15) is 13.7 Å². The Morgan fingerprint density at radius 3 is 2.60 bits per heavy atom. The van der Waals surface area contributed by atoms with Crippen molar-refractivity contribution >= 4 is 21.4 Å². The molecule has 0 saturated heterocycles. The van der Waals surface area contributed by atoms with Crippen molar-refractivity contribution in [3.05, 3.63) is 89.5 Å². The summed E-state index contributed by atoms with van der Waals surface area (Å²) in [6, 6.07) is 23.7. The molecule has 152 valence electrons. The van der Waals surface area contributed by atoms with Crippen LogP contribution in [-0.2, 0) is 23.0 Å². The van der Waals surface area contributed by atoms with Crippen LogP contribution in [0.5, 0.6) is 0 Å². The first kappa shape index (κ1) is 20.0. The maximum Gasteiger partial charge on any atom is 0.240 e. The van der Waals surface area contributed by atoms with Crippen molar-refractivity contribution in [3.63, 3.8) is 0 Å². The predicted octanol–water partition coefficient (Wildman–Crippen LogP) is 3.05. The molecule has 0 spiro atoms. The molecule has 1 heterocycles. The molecule has 0 aromatic heterocycles. The molecule has 0 bridgehead atoms. The second kappa shape index (κ2) is 8.19. The monoisotopic (exact) mass is 418 g/mol. The summed E-state index contributed by atoms with van der Waals surface area (Å²) in [7, 11) is -3.72. The second-order valence-corrected chi connectivity index (χ2v) is 9.13. The molecule has 0 fully saturated rings. The van der Waals surface area contributed by atoms with Gasteiger partial charge in [-0.15, -0.1) is 0 Å². The summed E-state index contributed by atoms with van der Waals surface area (Å²) >= 11 is 0. The summed E-state index contributed by atoms with van der Waals surface area (Å²) < 4.78 is 28.7. The van der Waals surface area contributed by atoms with Gasteiger partial charge in [-0.25, -0.2) is 13.1 Å². The van der Waals surface area contributed by atoms with Gasteiger partial charge in [-0.05, 0) is 53.9 Å². The van der Waals surface area contributed by atoms with Crippen LogP contribution in [0.3, 0.4) is 0 Å². The van der Waals surface area contributed by atoms with Crippen molar-refractivity contribution in [1.82, 2.24) is 4.72 Å². The number of sulfonamides is 1. The van der Waals surface area contributed by atoms with Crippen LogP contribution in [0.15, 0.2) is 77.7 Å². The smallest absolute Gasteiger partial charge is 0.240 e. The van der Waals surface area contributed by atoms with Crippen LogP contribution in [0.25, 0.3) is 0 Å². The Kier molecular flexibility index (Phi) is 5.44. The minimum atomic E-state index is -3.72. The van der Waals surface area contributed by atoms with E-state index in [1.807, 2.05) is 42.5 Å². The third-order valence-electron chi connectivity index (χ3n) is 5.16. The molecule has 30 heavy (non-hydrogen) atoms. The summed E-state index contributed by atoms with van der Waals surface area (Å²) in [6.45, 7) is 1.17. The number of nitrogens with two attached hydrogens (primary N) is 1. The number of nitrogens with zero attached hydrogens (tertiary/aromatic N) is 2. The van der Waals surface area contributed by atoms with E-state index < -0.39 is 10.0 Å². The quantitative estimate of drug-likeness (QED) is 0.621. The van der Waals surface area contributed by atoms with E-state index in [0.717, 1.165) is 16.8 Å². The molecule has 1 atom stereocenters. The highest BCUT2D eigenvalue weighted by atomic mass is 32.2. The van der Waals surface area contributed by atoms with Crippen LogP contribution in [0.2, 0.25) is 0 Å². The van der Waals surface area contributed by atoms with E-state index in [0.29, 0.717) is 30.8 Å². The minimum Gasteiger partial charge on any atom is -0.399 e. The van der Waals surface area contributed by atoms with Gasteiger partial charge in [0.25, 0.3) is 0 Å². The highest BCUT2D eigenvalue weighted by Crippen LogP contribution is 2.30. The zero-order chi connectivity index (χ0) is 21.1. The molecule has 0 saturated carbocycles. The topological polar surface area (TPSA) is 99.2 Å². The molecule has 0 radical (unpaired) electrons. The molecule has 3 N–H and O–H groups in total. The van der Waals surface area contributed by atoms with Gasteiger partial charge >= 0.3 is 0 Å². The second-order valence-electron chi connectivity index (χ2n) is 7.42. The van der Waals surface area contributed by atoms with E-state index in [4.69, 9.17) is 5.73 Å². The van der Waals surface area contributed by atoms with Gasteiger partial charge in [0.05, 0.1) is 16.5 Å². The number of nitriles is 1. The molecule has 1 unspecified atom stereocenters. The number of nitrogen functional groups attached to an aromatic ring is 1. The van der Waals surface area contributed by atoms with E-state index in [1.54, 1.807) is 18.2 Å².